The Balaban J connectivity index is 1.71. The number of nitrogens with zero attached hydrogens (tertiary/aromatic N) is 1. The quantitative estimate of drug-likeness (QED) is 0.358. The second-order valence-electron chi connectivity index (χ2n) is 5.99. The SMILES string of the molecule is CCOP(=O)(Cc1ccc(NC=C2C(=O)Nc3nc(Cl)ccc32)cc1)OCC. The summed E-state index contributed by atoms with van der Waals surface area (Å²) in [5.41, 5.74) is 2.78. The van der Waals surface area contributed by atoms with Gasteiger partial charge in [-0.25, -0.2) is 4.98 Å². The molecule has 0 atom stereocenters. The number of pyridine rings is 1. The summed E-state index contributed by atoms with van der Waals surface area (Å²) in [6, 6.07) is 10.7. The fraction of sp³-hybridized carbons (Fsp3) is 0.263. The molecule has 0 aliphatic carbocycles. The van der Waals surface area contributed by atoms with E-state index in [1.807, 2.05) is 24.3 Å². The zero-order valence-electron chi connectivity index (χ0n) is 15.6. The largest absolute Gasteiger partial charge is 0.361 e. The van der Waals surface area contributed by atoms with E-state index < -0.39 is 7.60 Å². The van der Waals surface area contributed by atoms with Crippen molar-refractivity contribution in [2.75, 3.05) is 23.8 Å². The van der Waals surface area contributed by atoms with E-state index in [2.05, 4.69) is 15.6 Å². The minimum absolute atomic E-state index is 0.207. The van der Waals surface area contributed by atoms with Crippen LogP contribution in [0.1, 0.15) is 25.0 Å². The summed E-state index contributed by atoms with van der Waals surface area (Å²) in [6.07, 6.45) is 1.83. The third-order valence-corrected chi connectivity index (χ3v) is 6.26. The van der Waals surface area contributed by atoms with Crippen LogP contribution in [0.3, 0.4) is 0 Å². The Bertz CT molecular complexity index is 937. The molecule has 1 aromatic carbocycles. The van der Waals surface area contributed by atoms with E-state index in [-0.39, 0.29) is 12.1 Å². The number of carbonyl (C=O) groups excluding carboxylic acids is 1. The number of fused-ring (bicyclic) bond motifs is 1. The van der Waals surface area contributed by atoms with Gasteiger partial charge in [-0.3, -0.25) is 9.36 Å². The normalized spacial score (nSPS) is 14.8. The fourth-order valence-electron chi connectivity index (χ4n) is 2.80. The molecule has 2 N–H and O–H groups in total. The number of hydrogen-bond donors (Lipinski definition) is 2. The minimum atomic E-state index is -3.14. The van der Waals surface area contributed by atoms with Crippen molar-refractivity contribution in [2.24, 2.45) is 0 Å². The number of halogens is 1. The Labute approximate surface area is 168 Å². The van der Waals surface area contributed by atoms with Crippen LogP contribution in [0.25, 0.3) is 5.57 Å². The van der Waals surface area contributed by atoms with Crippen LogP contribution in [0.2, 0.25) is 5.15 Å². The van der Waals surface area contributed by atoms with Gasteiger partial charge in [0.15, 0.2) is 0 Å². The summed E-state index contributed by atoms with van der Waals surface area (Å²) >= 11 is 5.86. The highest BCUT2D eigenvalue weighted by molar-refractivity contribution is 7.53. The Morgan fingerprint density at radius 3 is 2.46 bits per heavy atom. The highest BCUT2D eigenvalue weighted by Crippen LogP contribution is 2.51. The summed E-state index contributed by atoms with van der Waals surface area (Å²) in [4.78, 5) is 16.2. The second-order valence-corrected chi connectivity index (χ2v) is 8.43. The van der Waals surface area contributed by atoms with Crippen molar-refractivity contribution in [3.05, 3.63) is 58.9 Å². The first-order valence-corrected chi connectivity index (χ1v) is 11.0. The average molecular weight is 422 g/mol. The molecule has 1 aliphatic heterocycles. The lowest BCUT2D eigenvalue weighted by Gasteiger charge is -2.17. The summed E-state index contributed by atoms with van der Waals surface area (Å²) in [6.45, 7) is 4.22. The molecule has 1 aromatic heterocycles. The molecule has 0 spiro atoms. The number of amides is 1. The average Bonchev–Trinajstić information content (AvgIpc) is 2.95. The zero-order chi connectivity index (χ0) is 20.1. The fourth-order valence-corrected chi connectivity index (χ4v) is 4.65. The van der Waals surface area contributed by atoms with Crippen LogP contribution < -0.4 is 10.6 Å². The topological polar surface area (TPSA) is 89.5 Å². The highest BCUT2D eigenvalue weighted by Gasteiger charge is 2.26. The van der Waals surface area contributed by atoms with Crippen LogP contribution in [0, 0.1) is 0 Å². The highest BCUT2D eigenvalue weighted by atomic mass is 35.5. The first kappa shape index (κ1) is 20.6. The number of benzene rings is 1. The lowest BCUT2D eigenvalue weighted by molar-refractivity contribution is -0.110. The van der Waals surface area contributed by atoms with Crippen molar-refractivity contribution < 1.29 is 18.4 Å². The van der Waals surface area contributed by atoms with E-state index in [4.69, 9.17) is 20.6 Å². The van der Waals surface area contributed by atoms with Gasteiger partial charge in [0.25, 0.3) is 5.91 Å². The van der Waals surface area contributed by atoms with Crippen LogP contribution >= 0.6 is 19.2 Å². The van der Waals surface area contributed by atoms with Crippen LogP contribution in [-0.4, -0.2) is 24.1 Å². The summed E-state index contributed by atoms with van der Waals surface area (Å²) in [7, 11) is -3.14. The molecule has 2 heterocycles. The maximum Gasteiger partial charge on any atom is 0.335 e. The van der Waals surface area contributed by atoms with Crippen molar-refractivity contribution in [1.82, 2.24) is 4.98 Å². The molecule has 1 amide bonds. The molecule has 0 saturated carbocycles. The Morgan fingerprint density at radius 2 is 1.82 bits per heavy atom. The van der Waals surface area contributed by atoms with Gasteiger partial charge in [0.2, 0.25) is 0 Å². The van der Waals surface area contributed by atoms with Gasteiger partial charge in [-0.1, -0.05) is 23.7 Å². The van der Waals surface area contributed by atoms with E-state index in [1.165, 1.54) is 0 Å². The molecule has 148 valence electrons. The van der Waals surface area contributed by atoms with Crippen LogP contribution in [0.15, 0.2) is 42.6 Å². The first-order valence-electron chi connectivity index (χ1n) is 8.86. The van der Waals surface area contributed by atoms with E-state index in [0.29, 0.717) is 35.3 Å². The van der Waals surface area contributed by atoms with Crippen LogP contribution in [-0.2, 0) is 24.6 Å². The van der Waals surface area contributed by atoms with Crippen molar-refractivity contribution in [1.29, 1.82) is 0 Å². The molecular formula is C19H21ClN3O4P. The van der Waals surface area contributed by atoms with Crippen molar-refractivity contribution in [2.45, 2.75) is 20.0 Å². The maximum atomic E-state index is 12.6. The van der Waals surface area contributed by atoms with E-state index in [0.717, 1.165) is 11.3 Å². The second kappa shape index (κ2) is 8.88. The van der Waals surface area contributed by atoms with E-state index >= 15 is 0 Å². The van der Waals surface area contributed by atoms with Gasteiger partial charge in [-0.05, 0) is 43.7 Å². The molecule has 0 unspecified atom stereocenters. The molecule has 9 heteroatoms. The molecule has 0 fully saturated rings. The smallest absolute Gasteiger partial charge is 0.335 e. The number of hydrogen-bond acceptors (Lipinski definition) is 6. The monoisotopic (exact) mass is 421 g/mol. The number of carbonyl (C=O) groups is 1. The van der Waals surface area contributed by atoms with Gasteiger partial charge in [0, 0.05) is 17.5 Å². The van der Waals surface area contributed by atoms with Gasteiger partial charge in [-0.2, -0.15) is 0 Å². The van der Waals surface area contributed by atoms with Gasteiger partial charge in [0.1, 0.15) is 11.0 Å². The summed E-state index contributed by atoms with van der Waals surface area (Å²) in [5.74, 6) is 0.201. The van der Waals surface area contributed by atoms with Gasteiger partial charge >= 0.3 is 7.60 Å². The molecule has 0 radical (unpaired) electrons. The Hall–Kier alpha value is -2.18. The molecule has 1 aliphatic rings. The number of aromatic nitrogens is 1. The molecule has 2 aromatic rings. The molecule has 3 rings (SSSR count). The third-order valence-electron chi connectivity index (χ3n) is 3.99. The molecule has 0 bridgehead atoms. The third kappa shape index (κ3) is 4.80. The van der Waals surface area contributed by atoms with Crippen LogP contribution in [0.4, 0.5) is 11.5 Å². The zero-order valence-corrected chi connectivity index (χ0v) is 17.2. The van der Waals surface area contributed by atoms with E-state index in [9.17, 15) is 9.36 Å². The lowest BCUT2D eigenvalue weighted by atomic mass is 10.1. The number of anilines is 2. The lowest BCUT2D eigenvalue weighted by Crippen LogP contribution is -2.05. The van der Waals surface area contributed by atoms with Gasteiger partial charge in [0.05, 0.1) is 24.9 Å². The van der Waals surface area contributed by atoms with Gasteiger partial charge in [-0.15, -0.1) is 0 Å². The molecule has 7 nitrogen and oxygen atoms in total. The predicted octanol–water partition coefficient (Wildman–Crippen LogP) is 4.91. The maximum absolute atomic E-state index is 12.6. The van der Waals surface area contributed by atoms with Crippen molar-refractivity contribution >= 4 is 42.2 Å². The van der Waals surface area contributed by atoms with Gasteiger partial charge < -0.3 is 19.7 Å². The molecular weight excluding hydrogens is 401 g/mol. The Kier molecular flexibility index (Phi) is 6.52. The van der Waals surface area contributed by atoms with E-state index in [1.54, 1.807) is 32.2 Å². The Morgan fingerprint density at radius 1 is 1.14 bits per heavy atom. The van der Waals surface area contributed by atoms with Crippen molar-refractivity contribution in [3.63, 3.8) is 0 Å². The molecule has 0 saturated heterocycles. The number of rotatable bonds is 8. The van der Waals surface area contributed by atoms with Crippen molar-refractivity contribution in [3.8, 4) is 0 Å². The summed E-state index contributed by atoms with van der Waals surface area (Å²) in [5, 5.41) is 6.10. The molecule has 28 heavy (non-hydrogen) atoms. The predicted molar refractivity (Wildman–Crippen MR) is 110 cm³/mol. The minimum Gasteiger partial charge on any atom is -0.361 e. The standard InChI is InChI=1S/C19H21ClN3O4P/c1-3-26-28(25,27-4-2)12-13-5-7-14(8-6-13)21-11-16-15-9-10-17(20)22-18(15)23-19(16)24/h5-11,21H,3-4,12H2,1-2H3,(H,22,23,24). The first-order chi connectivity index (χ1) is 13.4. The van der Waals surface area contributed by atoms with Crippen LogP contribution in [0.5, 0.6) is 0 Å². The number of nitrogens with one attached hydrogen (secondary N) is 2. The summed E-state index contributed by atoms with van der Waals surface area (Å²) < 4.78 is 23.3.